The fraction of sp³-hybridized carbons (Fsp3) is 0.568. The highest BCUT2D eigenvalue weighted by molar-refractivity contribution is 5.94. The molecule has 2 aliphatic carbocycles. The molecule has 0 N–H and O–H groups in total. The van der Waals surface area contributed by atoms with Crippen LogP contribution >= 0.6 is 0 Å². The molecule has 2 saturated carbocycles. The van der Waals surface area contributed by atoms with Crippen molar-refractivity contribution in [2.45, 2.75) is 119 Å². The van der Waals surface area contributed by atoms with Crippen LogP contribution in [0.15, 0.2) is 66.9 Å². The van der Waals surface area contributed by atoms with E-state index in [2.05, 4.69) is 12.1 Å². The molecule has 2 aromatic rings. The number of carbonyl (C=O) groups excluding carboxylic acids is 2. The molecule has 6 atom stereocenters. The van der Waals surface area contributed by atoms with Gasteiger partial charge in [0.25, 0.3) is 5.91 Å². The molecule has 2 unspecified atom stereocenters. The van der Waals surface area contributed by atoms with Crippen LogP contribution in [0.1, 0.15) is 75.3 Å². The first-order valence-electron chi connectivity index (χ1n) is 17.3. The molecule has 0 bridgehead atoms. The second-order valence-electron chi connectivity index (χ2n) is 13.8. The van der Waals surface area contributed by atoms with Crippen LogP contribution in [0.5, 0.6) is 0 Å². The quantitative estimate of drug-likeness (QED) is 0.357. The van der Waals surface area contributed by atoms with Crippen molar-refractivity contribution in [1.29, 1.82) is 0 Å². The van der Waals surface area contributed by atoms with Crippen LogP contribution in [-0.2, 0) is 34.9 Å². The average Bonchev–Trinajstić information content (AvgIpc) is 3.78. The van der Waals surface area contributed by atoms with Gasteiger partial charge in [-0.3, -0.25) is 9.69 Å². The van der Waals surface area contributed by atoms with Crippen molar-refractivity contribution in [3.63, 3.8) is 0 Å². The van der Waals surface area contributed by atoms with E-state index in [4.69, 9.17) is 23.7 Å². The number of β-lactam (4-membered cyclic amide) rings is 1. The van der Waals surface area contributed by atoms with Crippen LogP contribution < -0.4 is 0 Å². The highest BCUT2D eigenvalue weighted by Crippen LogP contribution is 2.46. The van der Waals surface area contributed by atoms with Crippen LogP contribution in [-0.4, -0.2) is 83.0 Å². The van der Waals surface area contributed by atoms with Gasteiger partial charge in [0.1, 0.15) is 24.3 Å². The lowest BCUT2D eigenvalue weighted by molar-refractivity contribution is -0.205. The lowest BCUT2D eigenvalue weighted by Gasteiger charge is -2.50. The monoisotopic (exact) mass is 628 g/mol. The summed E-state index contributed by atoms with van der Waals surface area (Å²) in [4.78, 5) is 31.6. The normalized spacial score (nSPS) is 33.7. The predicted molar refractivity (Wildman–Crippen MR) is 169 cm³/mol. The fourth-order valence-electron chi connectivity index (χ4n) is 8.54. The van der Waals surface area contributed by atoms with Crippen LogP contribution in [0.4, 0.5) is 4.79 Å². The number of nitrogens with zero attached hydrogens (tertiary/aromatic N) is 2. The minimum absolute atomic E-state index is 0.130. The summed E-state index contributed by atoms with van der Waals surface area (Å²) in [5.41, 5.74) is 2.09. The first kappa shape index (κ1) is 30.1. The average molecular weight is 629 g/mol. The molecule has 0 aromatic heterocycles. The van der Waals surface area contributed by atoms with E-state index >= 15 is 0 Å². The number of hydrogen-bond acceptors (Lipinski definition) is 7. The first-order valence-corrected chi connectivity index (χ1v) is 17.3. The van der Waals surface area contributed by atoms with Gasteiger partial charge in [-0.25, -0.2) is 4.79 Å². The van der Waals surface area contributed by atoms with Gasteiger partial charge in [0.05, 0.1) is 19.3 Å². The molecule has 6 aliphatic rings. The second kappa shape index (κ2) is 12.4. The number of amides is 2. The number of benzene rings is 2. The Bertz CT molecular complexity index is 1420. The number of hydrogen-bond donors (Lipinski definition) is 0. The minimum atomic E-state index is -0.708. The zero-order valence-corrected chi connectivity index (χ0v) is 26.3. The Morgan fingerprint density at radius 1 is 0.739 bits per heavy atom. The van der Waals surface area contributed by atoms with E-state index < -0.39 is 48.1 Å². The van der Waals surface area contributed by atoms with E-state index in [9.17, 15) is 9.59 Å². The Hall–Kier alpha value is -3.24. The van der Waals surface area contributed by atoms with Gasteiger partial charge in [0.2, 0.25) is 0 Å². The Morgan fingerprint density at radius 3 is 1.98 bits per heavy atom. The SMILES string of the molecule is O=C1[C@@H](N2C(=O)O[C@@H](C3COC4(CCCCC4)O3)[C@@H]2C2COC3(CCCCC3)O2)[C@@H](Cc2ccccc2)N1/C=C/c1ccccc1. The minimum Gasteiger partial charge on any atom is -0.441 e. The molecule has 6 fully saturated rings. The van der Waals surface area contributed by atoms with Gasteiger partial charge < -0.3 is 28.6 Å². The van der Waals surface area contributed by atoms with Crippen molar-refractivity contribution in [3.8, 4) is 0 Å². The molecule has 4 saturated heterocycles. The standard InChI is InChI=1S/C37H44N2O7/c40-34-31(28(23-27-15-7-2-8-16-27)38(34)22-17-26-13-5-1-6-14-26)39-32(29-24-42-36(45-29)18-9-3-10-19-36)33(44-35(39)41)30-25-43-37(46-30)20-11-4-12-21-37/h1-2,5-8,13-17,22,28-33H,3-4,9-12,18-21,23-25H2/b22-17+/t28-,29?,30?,31+,32+,33+/m1/s1. The first-order chi connectivity index (χ1) is 22.5. The van der Waals surface area contributed by atoms with Crippen molar-refractivity contribution in [1.82, 2.24) is 9.80 Å². The summed E-state index contributed by atoms with van der Waals surface area (Å²) in [7, 11) is 0. The maximum Gasteiger partial charge on any atom is 0.411 e. The van der Waals surface area contributed by atoms with E-state index in [1.165, 1.54) is 12.8 Å². The van der Waals surface area contributed by atoms with Crippen LogP contribution in [0.25, 0.3) is 6.08 Å². The van der Waals surface area contributed by atoms with Crippen LogP contribution in [0.3, 0.4) is 0 Å². The van der Waals surface area contributed by atoms with Gasteiger partial charge in [-0.05, 0) is 49.3 Å². The summed E-state index contributed by atoms with van der Waals surface area (Å²) in [6, 6.07) is 18.5. The fourth-order valence-corrected chi connectivity index (χ4v) is 8.54. The third kappa shape index (κ3) is 5.55. The Morgan fingerprint density at radius 2 is 1.33 bits per heavy atom. The van der Waals surface area contributed by atoms with Gasteiger partial charge in [-0.15, -0.1) is 0 Å². The molecule has 9 nitrogen and oxygen atoms in total. The smallest absolute Gasteiger partial charge is 0.411 e. The molecule has 4 aliphatic heterocycles. The van der Waals surface area contributed by atoms with E-state index in [-0.39, 0.29) is 11.9 Å². The molecule has 0 radical (unpaired) electrons. The van der Waals surface area contributed by atoms with Crippen molar-refractivity contribution in [2.75, 3.05) is 13.2 Å². The van der Waals surface area contributed by atoms with Gasteiger partial charge in [-0.1, -0.05) is 73.5 Å². The molecule has 2 spiro atoms. The Labute approximate surface area is 270 Å². The highest BCUT2D eigenvalue weighted by atomic mass is 16.8. The highest BCUT2D eigenvalue weighted by Gasteiger charge is 2.63. The van der Waals surface area contributed by atoms with Gasteiger partial charge >= 0.3 is 6.09 Å². The molecule has 46 heavy (non-hydrogen) atoms. The summed E-state index contributed by atoms with van der Waals surface area (Å²) in [5.74, 6) is -1.39. The van der Waals surface area contributed by atoms with Crippen molar-refractivity contribution >= 4 is 18.1 Å². The van der Waals surface area contributed by atoms with Crippen LogP contribution in [0, 0.1) is 0 Å². The molecular formula is C37H44N2O7. The molecule has 2 amide bonds. The summed E-state index contributed by atoms with van der Waals surface area (Å²) in [6.45, 7) is 0.688. The van der Waals surface area contributed by atoms with Gasteiger partial charge in [0, 0.05) is 31.9 Å². The lowest BCUT2D eigenvalue weighted by Crippen LogP contribution is -2.72. The van der Waals surface area contributed by atoms with Crippen molar-refractivity contribution in [3.05, 3.63) is 78.0 Å². The Balaban J connectivity index is 1.11. The summed E-state index contributed by atoms with van der Waals surface area (Å²) in [5, 5.41) is 0. The van der Waals surface area contributed by atoms with E-state index in [1.807, 2.05) is 60.8 Å². The number of likely N-dealkylation sites (tertiary alicyclic amines) is 1. The van der Waals surface area contributed by atoms with E-state index in [0.29, 0.717) is 19.6 Å². The molecular weight excluding hydrogens is 584 g/mol. The van der Waals surface area contributed by atoms with Crippen molar-refractivity contribution in [2.24, 2.45) is 0 Å². The summed E-state index contributed by atoms with van der Waals surface area (Å²) in [6.07, 6.45) is 12.2. The van der Waals surface area contributed by atoms with Crippen LogP contribution in [0.2, 0.25) is 0 Å². The summed E-state index contributed by atoms with van der Waals surface area (Å²) < 4.78 is 32.4. The molecule has 244 valence electrons. The lowest BCUT2D eigenvalue weighted by atomic mass is 9.86. The van der Waals surface area contributed by atoms with Gasteiger partial charge in [0.15, 0.2) is 17.7 Å². The van der Waals surface area contributed by atoms with Gasteiger partial charge in [-0.2, -0.15) is 0 Å². The third-order valence-electron chi connectivity index (χ3n) is 10.9. The van der Waals surface area contributed by atoms with E-state index in [0.717, 1.165) is 62.5 Å². The summed E-state index contributed by atoms with van der Waals surface area (Å²) >= 11 is 0. The third-order valence-corrected chi connectivity index (χ3v) is 10.9. The molecule has 9 heteroatoms. The Kier molecular flexibility index (Phi) is 8.13. The predicted octanol–water partition coefficient (Wildman–Crippen LogP) is 5.82. The topological polar surface area (TPSA) is 86.8 Å². The zero-order valence-electron chi connectivity index (χ0n) is 26.3. The molecule has 8 rings (SSSR count). The molecule has 2 aromatic carbocycles. The second-order valence-corrected chi connectivity index (χ2v) is 13.8. The zero-order chi connectivity index (χ0) is 31.1. The number of carbonyl (C=O) groups is 2. The number of ether oxygens (including phenoxy) is 5. The molecule has 4 heterocycles. The van der Waals surface area contributed by atoms with Crippen molar-refractivity contribution < 1.29 is 33.3 Å². The largest absolute Gasteiger partial charge is 0.441 e. The number of cyclic esters (lactones) is 1. The maximum atomic E-state index is 14.1. The number of rotatable bonds is 7. The maximum absolute atomic E-state index is 14.1. The van der Waals surface area contributed by atoms with E-state index in [1.54, 1.807) is 9.80 Å².